The van der Waals surface area contributed by atoms with E-state index >= 15 is 0 Å². The topological polar surface area (TPSA) is 62.2 Å². The zero-order chi connectivity index (χ0) is 15.2. The van der Waals surface area contributed by atoms with E-state index in [1.807, 2.05) is 13.0 Å². The second-order valence-electron chi connectivity index (χ2n) is 4.20. The van der Waals surface area contributed by atoms with E-state index in [4.69, 9.17) is 16.7 Å². The molecule has 4 nitrogen and oxygen atoms in total. The van der Waals surface area contributed by atoms with Crippen molar-refractivity contribution in [2.75, 3.05) is 6.61 Å². The number of thiophene rings is 1. The molecule has 0 aromatic carbocycles. The molecular formula is C15H13ClN2O2S. The zero-order valence-electron chi connectivity index (χ0n) is 11.3. The first-order chi connectivity index (χ1) is 10.1. The molecule has 1 unspecified atom stereocenters. The molecule has 2 aromatic heterocycles. The molecule has 2 N–H and O–H groups in total. The van der Waals surface area contributed by atoms with E-state index in [1.165, 1.54) is 17.5 Å². The van der Waals surface area contributed by atoms with Crippen LogP contribution in [-0.4, -0.2) is 22.6 Å². The number of aliphatic hydroxyl groups excluding tert-OH is 1. The number of pyridine rings is 1. The van der Waals surface area contributed by atoms with Crippen LogP contribution in [0.5, 0.6) is 0 Å². The van der Waals surface area contributed by atoms with Crippen molar-refractivity contribution in [3.05, 3.63) is 50.9 Å². The molecule has 0 bridgehead atoms. The van der Waals surface area contributed by atoms with Crippen LogP contribution in [0.1, 0.15) is 33.9 Å². The summed E-state index contributed by atoms with van der Waals surface area (Å²) >= 11 is 7.31. The summed E-state index contributed by atoms with van der Waals surface area (Å²) in [6.45, 7) is 1.61. The first kappa shape index (κ1) is 15.5. The Balaban J connectivity index is 2.17. The van der Waals surface area contributed by atoms with Gasteiger partial charge in [-0.3, -0.25) is 4.79 Å². The lowest BCUT2D eigenvalue weighted by atomic mass is 10.1. The number of rotatable bonds is 3. The molecule has 0 aliphatic carbocycles. The van der Waals surface area contributed by atoms with Gasteiger partial charge < -0.3 is 10.4 Å². The Bertz CT molecular complexity index is 703. The lowest BCUT2D eigenvalue weighted by Crippen LogP contribution is -2.27. The van der Waals surface area contributed by atoms with Crippen LogP contribution in [0.2, 0.25) is 4.34 Å². The molecule has 2 aromatic rings. The molecule has 2 rings (SSSR count). The lowest BCUT2D eigenvalue weighted by Gasteiger charge is -2.12. The van der Waals surface area contributed by atoms with Crippen molar-refractivity contribution in [1.82, 2.24) is 10.3 Å². The second kappa shape index (κ2) is 7.23. The van der Waals surface area contributed by atoms with Crippen LogP contribution in [0.4, 0.5) is 0 Å². The molecule has 6 heteroatoms. The first-order valence-electron chi connectivity index (χ1n) is 6.22. The second-order valence-corrected chi connectivity index (χ2v) is 5.94. The van der Waals surface area contributed by atoms with Crippen LogP contribution in [0.25, 0.3) is 0 Å². The average molecular weight is 321 g/mol. The fourth-order valence-corrected chi connectivity index (χ4v) is 2.78. The third-order valence-electron chi connectivity index (χ3n) is 2.69. The van der Waals surface area contributed by atoms with Crippen molar-refractivity contribution in [3.8, 4) is 11.8 Å². The number of aliphatic hydroxyl groups is 1. The number of nitrogens with one attached hydrogen (secondary N) is 1. The number of amides is 1. The van der Waals surface area contributed by atoms with Crippen LogP contribution in [0.15, 0.2) is 30.5 Å². The molecule has 21 heavy (non-hydrogen) atoms. The number of nitrogens with zero attached hydrogens (tertiary/aromatic N) is 1. The highest BCUT2D eigenvalue weighted by atomic mass is 35.5. The largest absolute Gasteiger partial charge is 0.384 e. The van der Waals surface area contributed by atoms with E-state index in [-0.39, 0.29) is 24.2 Å². The van der Waals surface area contributed by atoms with Crippen molar-refractivity contribution >= 4 is 28.8 Å². The average Bonchev–Trinajstić information content (AvgIpc) is 2.92. The van der Waals surface area contributed by atoms with Gasteiger partial charge in [0, 0.05) is 11.1 Å². The molecule has 1 amide bonds. The molecule has 0 fully saturated rings. The maximum absolute atomic E-state index is 12.3. The van der Waals surface area contributed by atoms with Crippen LogP contribution in [-0.2, 0) is 0 Å². The summed E-state index contributed by atoms with van der Waals surface area (Å²) in [4.78, 5) is 17.3. The molecule has 0 saturated heterocycles. The molecular weight excluding hydrogens is 308 g/mol. The van der Waals surface area contributed by atoms with Crippen molar-refractivity contribution in [3.63, 3.8) is 0 Å². The van der Waals surface area contributed by atoms with Crippen molar-refractivity contribution in [2.45, 2.75) is 13.0 Å². The van der Waals surface area contributed by atoms with Gasteiger partial charge in [0.15, 0.2) is 0 Å². The molecule has 0 aliphatic rings. The highest BCUT2D eigenvalue weighted by Gasteiger charge is 2.16. The van der Waals surface area contributed by atoms with Gasteiger partial charge in [-0.25, -0.2) is 4.98 Å². The molecule has 0 aliphatic heterocycles. The van der Waals surface area contributed by atoms with Gasteiger partial charge in [-0.1, -0.05) is 23.4 Å². The summed E-state index contributed by atoms with van der Waals surface area (Å²) in [6.07, 6.45) is 1.53. The lowest BCUT2D eigenvalue weighted by molar-refractivity contribution is 0.0935. The Morgan fingerprint density at radius 3 is 3.00 bits per heavy atom. The Morgan fingerprint density at radius 1 is 1.52 bits per heavy atom. The van der Waals surface area contributed by atoms with Crippen molar-refractivity contribution < 1.29 is 9.90 Å². The Kier molecular flexibility index (Phi) is 5.34. The van der Waals surface area contributed by atoms with Crippen LogP contribution >= 0.6 is 22.9 Å². The summed E-state index contributed by atoms with van der Waals surface area (Å²) in [5.41, 5.74) is 0.730. The minimum atomic E-state index is -0.310. The minimum absolute atomic E-state index is 0.171. The van der Waals surface area contributed by atoms with Crippen LogP contribution in [0.3, 0.4) is 0 Å². The van der Waals surface area contributed by atoms with E-state index in [9.17, 15) is 4.79 Å². The van der Waals surface area contributed by atoms with Crippen LogP contribution < -0.4 is 5.32 Å². The quantitative estimate of drug-likeness (QED) is 0.855. The molecule has 0 radical (unpaired) electrons. The van der Waals surface area contributed by atoms with Gasteiger partial charge in [0.1, 0.15) is 12.3 Å². The van der Waals surface area contributed by atoms with E-state index in [1.54, 1.807) is 18.2 Å². The van der Waals surface area contributed by atoms with Gasteiger partial charge in [0.25, 0.3) is 5.91 Å². The predicted octanol–water partition coefficient (Wildman–Crippen LogP) is 2.63. The van der Waals surface area contributed by atoms with Gasteiger partial charge in [-0.05, 0) is 31.2 Å². The van der Waals surface area contributed by atoms with E-state index in [0.29, 0.717) is 9.90 Å². The number of hydrogen-bond donors (Lipinski definition) is 2. The van der Waals surface area contributed by atoms with Gasteiger partial charge in [0.05, 0.1) is 15.9 Å². The normalized spacial score (nSPS) is 11.4. The van der Waals surface area contributed by atoms with E-state index in [2.05, 4.69) is 22.1 Å². The Hall–Kier alpha value is -1.87. The highest BCUT2D eigenvalue weighted by molar-refractivity contribution is 7.16. The minimum Gasteiger partial charge on any atom is -0.384 e. The monoisotopic (exact) mass is 320 g/mol. The maximum Gasteiger partial charge on any atom is 0.271 e. The number of carbonyl (C=O) groups is 1. The van der Waals surface area contributed by atoms with E-state index < -0.39 is 0 Å². The van der Waals surface area contributed by atoms with Gasteiger partial charge >= 0.3 is 0 Å². The molecule has 2 heterocycles. The molecule has 0 saturated carbocycles. The SMILES string of the molecule is CC(NC(=O)c1ncccc1C#CCO)c1ccc(Cl)s1. The number of aromatic nitrogens is 1. The smallest absolute Gasteiger partial charge is 0.271 e. The summed E-state index contributed by atoms with van der Waals surface area (Å²) in [6, 6.07) is 6.89. The first-order valence-corrected chi connectivity index (χ1v) is 7.42. The molecule has 108 valence electrons. The zero-order valence-corrected chi connectivity index (χ0v) is 12.8. The van der Waals surface area contributed by atoms with E-state index in [0.717, 1.165) is 4.88 Å². The number of halogens is 1. The van der Waals surface area contributed by atoms with Gasteiger partial charge in [-0.15, -0.1) is 11.3 Å². The fourth-order valence-electron chi connectivity index (χ4n) is 1.72. The summed E-state index contributed by atoms with van der Waals surface area (Å²) < 4.78 is 0.679. The standard InChI is InChI=1S/C15H13ClN2O2S/c1-10(12-6-7-13(16)21-12)18-15(20)14-11(5-3-9-19)4-2-8-17-14/h2,4,6-8,10,19H,9H2,1H3,(H,18,20). The van der Waals surface area contributed by atoms with Crippen LogP contribution in [0, 0.1) is 11.8 Å². The summed E-state index contributed by atoms with van der Waals surface area (Å²) in [5, 5.41) is 11.6. The molecule has 0 spiro atoms. The Morgan fingerprint density at radius 2 is 2.33 bits per heavy atom. The van der Waals surface area contributed by atoms with Crippen molar-refractivity contribution in [2.24, 2.45) is 0 Å². The molecule has 1 atom stereocenters. The summed E-state index contributed by atoms with van der Waals surface area (Å²) in [7, 11) is 0. The van der Waals surface area contributed by atoms with Gasteiger partial charge in [0.2, 0.25) is 0 Å². The number of hydrogen-bond acceptors (Lipinski definition) is 4. The number of carbonyl (C=O) groups excluding carboxylic acids is 1. The van der Waals surface area contributed by atoms with Gasteiger partial charge in [-0.2, -0.15) is 0 Å². The fraction of sp³-hybridized carbons (Fsp3) is 0.200. The third kappa shape index (κ3) is 4.05. The third-order valence-corrected chi connectivity index (χ3v) is 4.11. The predicted molar refractivity (Wildman–Crippen MR) is 83.4 cm³/mol. The maximum atomic E-state index is 12.3. The highest BCUT2D eigenvalue weighted by Crippen LogP contribution is 2.26. The summed E-state index contributed by atoms with van der Waals surface area (Å²) in [5.74, 6) is 4.93. The van der Waals surface area contributed by atoms with Crippen molar-refractivity contribution in [1.29, 1.82) is 0 Å². The Labute approximate surface area is 131 Å².